The summed E-state index contributed by atoms with van der Waals surface area (Å²) in [5.41, 5.74) is 0.304. The van der Waals surface area contributed by atoms with E-state index in [-0.39, 0.29) is 5.02 Å². The third-order valence-electron chi connectivity index (χ3n) is 4.15. The molecule has 5 nitrogen and oxygen atoms in total. The lowest BCUT2D eigenvalue weighted by Gasteiger charge is -2.23. The zero-order valence-corrected chi connectivity index (χ0v) is 15.5. The Morgan fingerprint density at radius 3 is 2.14 bits per heavy atom. The highest BCUT2D eigenvalue weighted by Crippen LogP contribution is 2.39. The van der Waals surface area contributed by atoms with E-state index >= 15 is 0 Å². The molecule has 1 fully saturated rings. The minimum absolute atomic E-state index is 0.182. The van der Waals surface area contributed by atoms with Crippen LogP contribution in [0.25, 0.3) is 0 Å². The number of benzene rings is 2. The predicted octanol–water partition coefficient (Wildman–Crippen LogP) is 3.73. The molecule has 2 aromatic carbocycles. The van der Waals surface area contributed by atoms with Gasteiger partial charge in [0, 0.05) is 12.1 Å². The summed E-state index contributed by atoms with van der Waals surface area (Å²) in [7, 11) is -3.52. The molecule has 0 unspecified atom stereocenters. The summed E-state index contributed by atoms with van der Waals surface area (Å²) in [6, 6.07) is 5.09. The molecule has 3 rings (SSSR count). The van der Waals surface area contributed by atoms with Crippen molar-refractivity contribution >= 4 is 21.7 Å². The highest BCUT2D eigenvalue weighted by Gasteiger charge is 2.46. The van der Waals surface area contributed by atoms with E-state index < -0.39 is 62.9 Å². The van der Waals surface area contributed by atoms with Crippen LogP contribution in [0.4, 0.5) is 22.0 Å². The Hall–Kier alpha value is -1.95. The van der Waals surface area contributed by atoms with Crippen molar-refractivity contribution in [2.75, 3.05) is 13.7 Å². The number of hydroxylamine groups is 2. The van der Waals surface area contributed by atoms with Crippen molar-refractivity contribution in [3.8, 4) is 5.75 Å². The lowest BCUT2D eigenvalue weighted by molar-refractivity contribution is -0.110. The average molecular weight is 444 g/mol. The van der Waals surface area contributed by atoms with E-state index in [0.29, 0.717) is 5.56 Å². The van der Waals surface area contributed by atoms with Gasteiger partial charge in [-0.1, -0.05) is 29.8 Å². The summed E-state index contributed by atoms with van der Waals surface area (Å²) >= 11 is 6.08. The van der Waals surface area contributed by atoms with Crippen molar-refractivity contribution in [2.24, 2.45) is 0 Å². The van der Waals surface area contributed by atoms with Gasteiger partial charge in [0.05, 0.1) is 12.6 Å². The van der Waals surface area contributed by atoms with E-state index in [4.69, 9.17) is 16.4 Å². The lowest BCUT2D eigenvalue weighted by atomic mass is 10.0. The van der Waals surface area contributed by atoms with Gasteiger partial charge in [0.15, 0.2) is 0 Å². The summed E-state index contributed by atoms with van der Waals surface area (Å²) in [6.45, 7) is -0.496. The fourth-order valence-electron chi connectivity index (χ4n) is 2.78. The molecule has 1 saturated heterocycles. The van der Waals surface area contributed by atoms with E-state index in [0.717, 1.165) is 5.06 Å². The Balaban J connectivity index is 2.03. The molecule has 0 bridgehead atoms. The molecule has 0 N–H and O–H groups in total. The molecule has 0 aliphatic carbocycles. The second-order valence-electron chi connectivity index (χ2n) is 5.82. The van der Waals surface area contributed by atoms with Crippen molar-refractivity contribution < 1.29 is 39.4 Å². The van der Waals surface area contributed by atoms with Crippen LogP contribution in [0.5, 0.6) is 5.75 Å². The molecular weight excluding hydrogens is 433 g/mol. The fraction of sp³-hybridized carbons (Fsp3) is 0.250. The Labute approximate surface area is 161 Å². The van der Waals surface area contributed by atoms with Gasteiger partial charge >= 0.3 is 10.1 Å². The van der Waals surface area contributed by atoms with Crippen LogP contribution >= 0.6 is 11.6 Å². The summed E-state index contributed by atoms with van der Waals surface area (Å²) in [5.74, 6) is -13.8. The highest BCUT2D eigenvalue weighted by atomic mass is 35.5. The second kappa shape index (κ2) is 7.47. The Kier molecular flexibility index (Phi) is 5.54. The fourth-order valence-corrected chi connectivity index (χ4v) is 4.40. The van der Waals surface area contributed by atoms with Crippen LogP contribution in [0.2, 0.25) is 5.02 Å². The van der Waals surface area contributed by atoms with E-state index in [1.54, 1.807) is 12.1 Å². The summed E-state index contributed by atoms with van der Waals surface area (Å²) < 4.78 is 97.0. The quantitative estimate of drug-likeness (QED) is 0.312. The molecule has 1 aliphatic rings. The Morgan fingerprint density at radius 2 is 1.57 bits per heavy atom. The predicted molar refractivity (Wildman–Crippen MR) is 87.5 cm³/mol. The molecule has 0 radical (unpaired) electrons. The molecule has 0 amide bonds. The van der Waals surface area contributed by atoms with Crippen molar-refractivity contribution in [1.29, 1.82) is 0 Å². The van der Waals surface area contributed by atoms with Crippen LogP contribution in [-0.2, 0) is 15.0 Å². The van der Waals surface area contributed by atoms with Crippen molar-refractivity contribution in [3.05, 3.63) is 63.9 Å². The molecule has 0 spiro atoms. The molecule has 0 saturated carbocycles. The Morgan fingerprint density at radius 1 is 1.04 bits per heavy atom. The first-order valence-corrected chi connectivity index (χ1v) is 9.46. The summed E-state index contributed by atoms with van der Waals surface area (Å²) in [6.07, 6.45) is 0. The summed E-state index contributed by atoms with van der Waals surface area (Å²) in [5, 5.41) is -0.237. The number of nitrogens with zero attached hydrogens (tertiary/aromatic N) is 1. The second-order valence-corrected chi connectivity index (χ2v) is 7.99. The van der Waals surface area contributed by atoms with Crippen LogP contribution in [0, 0.1) is 29.1 Å². The molecule has 1 heterocycles. The first-order chi connectivity index (χ1) is 13.1. The van der Waals surface area contributed by atoms with Crippen molar-refractivity contribution in [3.63, 3.8) is 0 Å². The first-order valence-electron chi connectivity index (χ1n) is 7.61. The van der Waals surface area contributed by atoms with E-state index in [2.05, 4.69) is 4.18 Å². The van der Waals surface area contributed by atoms with Crippen molar-refractivity contribution in [2.45, 2.75) is 11.3 Å². The van der Waals surface area contributed by atoms with Crippen LogP contribution in [0.3, 0.4) is 0 Å². The van der Waals surface area contributed by atoms with E-state index in [9.17, 15) is 30.4 Å². The third-order valence-corrected chi connectivity index (χ3v) is 6.03. The third kappa shape index (κ3) is 3.43. The van der Waals surface area contributed by atoms with Gasteiger partial charge in [-0.2, -0.15) is 22.3 Å². The molecule has 152 valence electrons. The molecule has 28 heavy (non-hydrogen) atoms. The van der Waals surface area contributed by atoms with Crippen LogP contribution in [-0.4, -0.2) is 32.4 Å². The van der Waals surface area contributed by atoms with Crippen LogP contribution < -0.4 is 4.18 Å². The number of halogens is 6. The number of hydrogen-bond donors (Lipinski definition) is 0. The van der Waals surface area contributed by atoms with E-state index in [1.165, 1.54) is 19.2 Å². The van der Waals surface area contributed by atoms with Crippen LogP contribution in [0.15, 0.2) is 24.3 Å². The molecule has 12 heteroatoms. The maximum absolute atomic E-state index is 13.8. The van der Waals surface area contributed by atoms with Crippen LogP contribution in [0.1, 0.15) is 11.6 Å². The average Bonchev–Trinajstić information content (AvgIpc) is 3.05. The standard InChI is InChI=1S/C16H11ClF5NO4S/c1-23-15(7-4-2-3-5-8(7)17)9(6-26-23)28(24,25)27-16-13(21)11(19)10(18)12(20)14(16)22/h2-5,9,15H,6H2,1H3/t9-,15+/m0/s1. The van der Waals surface area contributed by atoms with Gasteiger partial charge in [-0.25, -0.2) is 13.2 Å². The Bertz CT molecular complexity index is 1010. The maximum atomic E-state index is 13.8. The van der Waals surface area contributed by atoms with Gasteiger partial charge in [-0.15, -0.1) is 0 Å². The zero-order chi connectivity index (χ0) is 20.8. The normalized spacial score (nSPS) is 20.5. The number of hydrogen-bond acceptors (Lipinski definition) is 5. The maximum Gasteiger partial charge on any atom is 0.316 e. The molecular formula is C16H11ClF5NO4S. The van der Waals surface area contributed by atoms with Gasteiger partial charge in [0.2, 0.25) is 34.8 Å². The van der Waals surface area contributed by atoms with E-state index in [1.807, 2.05) is 0 Å². The van der Waals surface area contributed by atoms with Gasteiger partial charge < -0.3 is 4.18 Å². The van der Waals surface area contributed by atoms with Gasteiger partial charge in [-0.05, 0) is 11.6 Å². The van der Waals surface area contributed by atoms with Gasteiger partial charge in [0.25, 0.3) is 0 Å². The molecule has 2 atom stereocenters. The monoisotopic (exact) mass is 443 g/mol. The number of rotatable bonds is 4. The highest BCUT2D eigenvalue weighted by molar-refractivity contribution is 7.87. The summed E-state index contributed by atoms with van der Waals surface area (Å²) in [4.78, 5) is 5.16. The van der Waals surface area contributed by atoms with Gasteiger partial charge in [-0.3, -0.25) is 4.84 Å². The minimum Gasteiger partial charge on any atom is -0.376 e. The molecule has 1 aliphatic heterocycles. The topological polar surface area (TPSA) is 55.8 Å². The zero-order valence-electron chi connectivity index (χ0n) is 13.9. The van der Waals surface area contributed by atoms with Gasteiger partial charge in [0.1, 0.15) is 5.25 Å². The lowest BCUT2D eigenvalue weighted by Crippen LogP contribution is -2.34. The minimum atomic E-state index is -4.91. The SMILES string of the molecule is CN1OC[C@H](S(=O)(=O)Oc2c(F)c(F)c(F)c(F)c2F)[C@H]1c1ccccc1Cl. The van der Waals surface area contributed by atoms with Crippen molar-refractivity contribution in [1.82, 2.24) is 5.06 Å². The first kappa shape index (κ1) is 20.8. The largest absolute Gasteiger partial charge is 0.376 e. The molecule has 0 aromatic heterocycles. The smallest absolute Gasteiger partial charge is 0.316 e. The molecule has 2 aromatic rings.